The van der Waals surface area contributed by atoms with Gasteiger partial charge in [0, 0.05) is 11.3 Å². The molecule has 74 valence electrons. The number of hydrogen-bond acceptors (Lipinski definition) is 2. The van der Waals surface area contributed by atoms with Gasteiger partial charge in [0.05, 0.1) is 6.42 Å². The monoisotopic (exact) mass is 184 g/mol. The van der Waals surface area contributed by atoms with Crippen molar-refractivity contribution < 1.29 is 14.7 Å². The molecular formula is C10H16O3. The molecular weight excluding hydrogens is 168 g/mol. The molecule has 13 heavy (non-hydrogen) atoms. The van der Waals surface area contributed by atoms with Gasteiger partial charge in [-0.1, -0.05) is 20.3 Å². The highest BCUT2D eigenvalue weighted by molar-refractivity contribution is 5.90. The predicted molar refractivity (Wildman–Crippen MR) is 48.4 cm³/mol. The normalized spacial score (nSPS) is 34.6. The zero-order valence-electron chi connectivity index (χ0n) is 8.17. The van der Waals surface area contributed by atoms with Crippen LogP contribution in [-0.2, 0) is 9.59 Å². The van der Waals surface area contributed by atoms with Gasteiger partial charge < -0.3 is 5.11 Å². The van der Waals surface area contributed by atoms with E-state index < -0.39 is 11.4 Å². The summed E-state index contributed by atoms with van der Waals surface area (Å²) in [5, 5.41) is 8.68. The number of carbonyl (C=O) groups is 2. The lowest BCUT2D eigenvalue weighted by molar-refractivity contribution is -0.147. The number of Topliss-reactive ketones (excluding diaryl/α,β-unsaturated/α-hetero) is 1. The Kier molecular flexibility index (Phi) is 2.74. The summed E-state index contributed by atoms with van der Waals surface area (Å²) in [4.78, 5) is 22.3. The van der Waals surface area contributed by atoms with Gasteiger partial charge in [-0.2, -0.15) is 0 Å². The second-order valence-electron chi connectivity index (χ2n) is 4.29. The van der Waals surface area contributed by atoms with Crippen LogP contribution in [-0.4, -0.2) is 16.9 Å². The maximum atomic E-state index is 11.7. The van der Waals surface area contributed by atoms with Gasteiger partial charge in [-0.15, -0.1) is 0 Å². The third kappa shape index (κ3) is 2.08. The SMILES string of the molecule is CC1CCCC(C)(CC(=O)O)C1=O. The van der Waals surface area contributed by atoms with E-state index in [1.807, 2.05) is 6.92 Å². The Morgan fingerprint density at radius 2 is 2.31 bits per heavy atom. The smallest absolute Gasteiger partial charge is 0.304 e. The topological polar surface area (TPSA) is 54.4 Å². The molecule has 0 radical (unpaired) electrons. The molecule has 3 nitrogen and oxygen atoms in total. The molecule has 1 N–H and O–H groups in total. The zero-order chi connectivity index (χ0) is 10.1. The molecule has 0 saturated heterocycles. The van der Waals surface area contributed by atoms with Crippen LogP contribution in [0.5, 0.6) is 0 Å². The molecule has 1 aliphatic carbocycles. The van der Waals surface area contributed by atoms with Crippen LogP contribution in [0, 0.1) is 11.3 Å². The molecule has 0 aromatic rings. The van der Waals surface area contributed by atoms with Gasteiger partial charge in [-0.05, 0) is 12.8 Å². The van der Waals surface area contributed by atoms with Crippen LogP contribution in [0.3, 0.4) is 0 Å². The van der Waals surface area contributed by atoms with Gasteiger partial charge in [-0.3, -0.25) is 9.59 Å². The molecule has 0 bridgehead atoms. The number of carboxylic acid groups (broad SMARTS) is 1. The van der Waals surface area contributed by atoms with Crippen molar-refractivity contribution in [3.63, 3.8) is 0 Å². The molecule has 0 aromatic carbocycles. The second-order valence-corrected chi connectivity index (χ2v) is 4.29. The summed E-state index contributed by atoms with van der Waals surface area (Å²) >= 11 is 0. The largest absolute Gasteiger partial charge is 0.481 e. The first-order valence-electron chi connectivity index (χ1n) is 4.72. The molecule has 1 fully saturated rings. The van der Waals surface area contributed by atoms with Crippen LogP contribution in [0.25, 0.3) is 0 Å². The third-order valence-corrected chi connectivity index (χ3v) is 2.95. The summed E-state index contributed by atoms with van der Waals surface area (Å²) in [6, 6.07) is 0. The van der Waals surface area contributed by atoms with Crippen molar-refractivity contribution in [1.82, 2.24) is 0 Å². The molecule has 0 amide bonds. The van der Waals surface area contributed by atoms with Gasteiger partial charge in [-0.25, -0.2) is 0 Å². The number of carbonyl (C=O) groups excluding carboxylic acids is 1. The summed E-state index contributed by atoms with van der Waals surface area (Å²) in [5.74, 6) is -0.704. The van der Waals surface area contributed by atoms with Gasteiger partial charge in [0.15, 0.2) is 0 Å². The first-order valence-corrected chi connectivity index (χ1v) is 4.72. The molecule has 1 rings (SSSR count). The van der Waals surface area contributed by atoms with Gasteiger partial charge in [0.1, 0.15) is 5.78 Å². The molecule has 0 spiro atoms. The quantitative estimate of drug-likeness (QED) is 0.712. The second kappa shape index (κ2) is 3.48. The molecule has 0 aliphatic heterocycles. The molecule has 2 unspecified atom stereocenters. The van der Waals surface area contributed by atoms with Gasteiger partial charge in [0.25, 0.3) is 0 Å². The lowest BCUT2D eigenvalue weighted by atomic mass is 9.68. The Morgan fingerprint density at radius 3 is 2.85 bits per heavy atom. The molecule has 1 aliphatic rings. The van der Waals surface area contributed by atoms with E-state index in [4.69, 9.17) is 5.11 Å². The minimum atomic E-state index is -0.870. The number of hydrogen-bond donors (Lipinski definition) is 1. The molecule has 3 heteroatoms. The van der Waals surface area contributed by atoms with Crippen molar-refractivity contribution >= 4 is 11.8 Å². The average molecular weight is 184 g/mol. The summed E-state index contributed by atoms with van der Waals surface area (Å²) in [6.07, 6.45) is 2.59. The van der Waals surface area contributed by atoms with E-state index in [-0.39, 0.29) is 18.1 Å². The molecule has 0 heterocycles. The number of carboxylic acids is 1. The lowest BCUT2D eigenvalue weighted by Crippen LogP contribution is -2.38. The lowest BCUT2D eigenvalue weighted by Gasteiger charge is -2.33. The number of ketones is 1. The van der Waals surface area contributed by atoms with E-state index in [1.165, 1.54) is 0 Å². The minimum Gasteiger partial charge on any atom is -0.481 e. The van der Waals surface area contributed by atoms with Crippen LogP contribution < -0.4 is 0 Å². The highest BCUT2D eigenvalue weighted by Gasteiger charge is 2.40. The standard InChI is InChI=1S/C10H16O3/c1-7-4-3-5-10(2,9(7)13)6-8(11)12/h7H,3-6H2,1-2H3,(H,11,12). The highest BCUT2D eigenvalue weighted by atomic mass is 16.4. The summed E-state index contributed by atoms with van der Waals surface area (Å²) in [7, 11) is 0. The first-order chi connectivity index (χ1) is 5.96. The number of rotatable bonds is 2. The zero-order valence-corrected chi connectivity index (χ0v) is 8.17. The maximum Gasteiger partial charge on any atom is 0.304 e. The molecule has 1 saturated carbocycles. The van der Waals surface area contributed by atoms with Crippen molar-refractivity contribution in [2.45, 2.75) is 39.5 Å². The molecule has 2 atom stereocenters. The van der Waals surface area contributed by atoms with Crippen LogP contribution in [0.2, 0.25) is 0 Å². The Morgan fingerprint density at radius 1 is 1.69 bits per heavy atom. The van der Waals surface area contributed by atoms with Crippen molar-refractivity contribution in [3.05, 3.63) is 0 Å². The Labute approximate surface area is 78.1 Å². The third-order valence-electron chi connectivity index (χ3n) is 2.95. The van der Waals surface area contributed by atoms with Crippen LogP contribution in [0.15, 0.2) is 0 Å². The Balaban J connectivity index is 2.75. The first kappa shape index (κ1) is 10.2. The van der Waals surface area contributed by atoms with Crippen LogP contribution in [0.1, 0.15) is 39.5 Å². The van der Waals surface area contributed by atoms with E-state index >= 15 is 0 Å². The van der Waals surface area contributed by atoms with Gasteiger partial charge >= 0.3 is 5.97 Å². The van der Waals surface area contributed by atoms with E-state index in [1.54, 1.807) is 6.92 Å². The van der Waals surface area contributed by atoms with Crippen molar-refractivity contribution in [3.8, 4) is 0 Å². The Hall–Kier alpha value is -0.860. The minimum absolute atomic E-state index is 0.0177. The summed E-state index contributed by atoms with van der Waals surface area (Å²) in [6.45, 7) is 3.67. The van der Waals surface area contributed by atoms with Crippen molar-refractivity contribution in [1.29, 1.82) is 0 Å². The van der Waals surface area contributed by atoms with E-state index in [0.29, 0.717) is 0 Å². The van der Waals surface area contributed by atoms with E-state index in [2.05, 4.69) is 0 Å². The fourth-order valence-electron chi connectivity index (χ4n) is 2.16. The predicted octanol–water partition coefficient (Wildman–Crippen LogP) is 1.86. The Bertz CT molecular complexity index is 234. The highest BCUT2D eigenvalue weighted by Crippen LogP contribution is 2.38. The van der Waals surface area contributed by atoms with Crippen LogP contribution >= 0.6 is 0 Å². The summed E-state index contributed by atoms with van der Waals surface area (Å²) in [5.41, 5.74) is -0.608. The fraction of sp³-hybridized carbons (Fsp3) is 0.800. The van der Waals surface area contributed by atoms with E-state index in [0.717, 1.165) is 19.3 Å². The van der Waals surface area contributed by atoms with Crippen molar-refractivity contribution in [2.75, 3.05) is 0 Å². The summed E-state index contributed by atoms with van der Waals surface area (Å²) < 4.78 is 0. The molecule has 0 aromatic heterocycles. The number of aliphatic carboxylic acids is 1. The van der Waals surface area contributed by atoms with Crippen molar-refractivity contribution in [2.24, 2.45) is 11.3 Å². The van der Waals surface area contributed by atoms with Crippen LogP contribution in [0.4, 0.5) is 0 Å². The average Bonchev–Trinajstić information content (AvgIpc) is 1.99. The maximum absolute atomic E-state index is 11.7. The fourth-order valence-corrected chi connectivity index (χ4v) is 2.16. The van der Waals surface area contributed by atoms with E-state index in [9.17, 15) is 9.59 Å². The van der Waals surface area contributed by atoms with Gasteiger partial charge in [0.2, 0.25) is 0 Å².